The van der Waals surface area contributed by atoms with E-state index in [1.54, 1.807) is 6.92 Å². The molecule has 0 radical (unpaired) electrons. The van der Waals surface area contributed by atoms with Crippen molar-refractivity contribution in [2.75, 3.05) is 6.61 Å². The number of alkyl halides is 6. The van der Waals surface area contributed by atoms with E-state index >= 15 is 0 Å². The highest BCUT2D eigenvalue weighted by atomic mass is 19.4. The number of ether oxygens (including phenoxy) is 1. The number of ketones is 4. The van der Waals surface area contributed by atoms with Crippen LogP contribution in [0.4, 0.5) is 37.7 Å². The fourth-order valence-corrected chi connectivity index (χ4v) is 4.70. The number of carbonyl (C=O) groups excluding carboxylic acids is 4. The third-order valence-electron chi connectivity index (χ3n) is 7.84. The maximum Gasteiger partial charge on any atom is 0.416 e. The minimum Gasteiger partial charge on any atom is -0.501 e. The molecule has 2 aromatic rings. The van der Waals surface area contributed by atoms with E-state index in [2.05, 4.69) is 0 Å². The monoisotopic (exact) mass is 686 g/mol. The summed E-state index contributed by atoms with van der Waals surface area (Å²) >= 11 is 0. The third-order valence-corrected chi connectivity index (χ3v) is 7.84. The predicted molar refractivity (Wildman–Crippen MR) is 154 cm³/mol. The number of halogens is 6. The Morgan fingerprint density at radius 3 is 1.65 bits per heavy atom. The van der Waals surface area contributed by atoms with Crippen molar-refractivity contribution in [2.24, 2.45) is 11.8 Å². The molecule has 11 nitrogen and oxygen atoms in total. The molecular formula is C31H28F6N2O9. The van der Waals surface area contributed by atoms with Crippen LogP contribution in [-0.4, -0.2) is 39.6 Å². The topological polar surface area (TPSA) is 164 Å². The first-order chi connectivity index (χ1) is 22.4. The van der Waals surface area contributed by atoms with Gasteiger partial charge in [0.1, 0.15) is 16.9 Å². The normalized spacial score (nSPS) is 15.3. The lowest BCUT2D eigenvalue weighted by Crippen LogP contribution is -2.27. The summed E-state index contributed by atoms with van der Waals surface area (Å²) < 4.78 is 81.1. The van der Waals surface area contributed by atoms with Gasteiger partial charge >= 0.3 is 12.4 Å². The summed E-state index contributed by atoms with van der Waals surface area (Å²) in [4.78, 5) is 68.8. The van der Waals surface area contributed by atoms with Crippen molar-refractivity contribution < 1.29 is 60.1 Å². The van der Waals surface area contributed by atoms with E-state index in [0.29, 0.717) is 49.9 Å². The molecule has 48 heavy (non-hydrogen) atoms. The Kier molecular flexibility index (Phi) is 11.9. The van der Waals surface area contributed by atoms with Gasteiger partial charge in [0.2, 0.25) is 5.78 Å². The summed E-state index contributed by atoms with van der Waals surface area (Å²) in [6.07, 6.45) is -4.86. The highest BCUT2D eigenvalue weighted by Gasteiger charge is 2.38. The molecule has 0 aliphatic heterocycles. The number of Topliss-reactive ketones (excluding diaryl/α,β-unsaturated/α-hetero) is 4. The second kappa shape index (κ2) is 15.3. The molecule has 0 saturated heterocycles. The molecule has 0 bridgehead atoms. The van der Waals surface area contributed by atoms with E-state index < -0.39 is 79.6 Å². The highest BCUT2D eigenvalue weighted by molar-refractivity contribution is 6.27. The zero-order valence-corrected chi connectivity index (χ0v) is 25.2. The smallest absolute Gasteiger partial charge is 0.416 e. The zero-order valence-electron chi connectivity index (χ0n) is 25.2. The fourth-order valence-electron chi connectivity index (χ4n) is 4.70. The van der Waals surface area contributed by atoms with Crippen LogP contribution in [0.5, 0.6) is 0 Å². The number of hydrogen-bond donors (Lipinski definition) is 0. The van der Waals surface area contributed by atoms with Gasteiger partial charge in [0, 0.05) is 24.0 Å². The second-order valence-corrected chi connectivity index (χ2v) is 11.0. The lowest BCUT2D eigenvalue weighted by Gasteiger charge is -2.24. The predicted octanol–water partition coefficient (Wildman–Crippen LogP) is 7.64. The number of hydrogen-bond acceptors (Lipinski definition) is 9. The number of rotatable bonds is 12. The van der Waals surface area contributed by atoms with Crippen LogP contribution in [0.15, 0.2) is 48.2 Å². The van der Waals surface area contributed by atoms with Crippen molar-refractivity contribution >= 4 is 34.5 Å². The van der Waals surface area contributed by atoms with Crippen LogP contribution in [0.1, 0.15) is 83.7 Å². The van der Waals surface area contributed by atoms with Crippen molar-refractivity contribution in [3.8, 4) is 0 Å². The van der Waals surface area contributed by atoms with Crippen molar-refractivity contribution in [1.82, 2.24) is 0 Å². The Morgan fingerprint density at radius 2 is 1.25 bits per heavy atom. The Bertz CT molecular complexity index is 1640. The van der Waals surface area contributed by atoms with Gasteiger partial charge in [-0.15, -0.1) is 0 Å². The Balaban J connectivity index is 0.000000264. The molecular weight excluding hydrogens is 658 g/mol. The Morgan fingerprint density at radius 1 is 0.792 bits per heavy atom. The van der Waals surface area contributed by atoms with Gasteiger partial charge in [-0.1, -0.05) is 12.8 Å². The molecule has 0 atom stereocenters. The molecule has 258 valence electrons. The van der Waals surface area contributed by atoms with Crippen molar-refractivity contribution in [3.63, 3.8) is 0 Å². The first kappa shape index (κ1) is 37.5. The first-order valence-corrected chi connectivity index (χ1v) is 14.5. The van der Waals surface area contributed by atoms with Gasteiger partial charge in [-0.3, -0.25) is 39.4 Å². The summed E-state index contributed by atoms with van der Waals surface area (Å²) in [6, 6.07) is 3.27. The van der Waals surface area contributed by atoms with E-state index in [9.17, 15) is 65.7 Å². The van der Waals surface area contributed by atoms with E-state index in [-0.39, 0.29) is 29.8 Å². The zero-order chi connectivity index (χ0) is 36.0. The number of nitro benzene ring substituents is 2. The average Bonchev–Trinajstić information content (AvgIpc) is 2.94. The fraction of sp³-hybridized carbons (Fsp3) is 0.419. The van der Waals surface area contributed by atoms with E-state index in [1.807, 2.05) is 0 Å². The molecule has 0 heterocycles. The maximum absolute atomic E-state index is 12.8. The summed E-state index contributed by atoms with van der Waals surface area (Å²) in [7, 11) is 0. The average molecular weight is 687 g/mol. The summed E-state index contributed by atoms with van der Waals surface area (Å²) in [5.74, 6) is -3.25. The Labute approximate surface area is 268 Å². The van der Waals surface area contributed by atoms with E-state index in [1.165, 1.54) is 0 Å². The minimum atomic E-state index is -4.79. The van der Waals surface area contributed by atoms with Crippen LogP contribution >= 0.6 is 0 Å². The van der Waals surface area contributed by atoms with E-state index in [0.717, 1.165) is 31.2 Å². The lowest BCUT2D eigenvalue weighted by atomic mass is 9.78. The number of allylic oxidation sites excluding steroid dienone is 1. The van der Waals surface area contributed by atoms with Gasteiger partial charge in [-0.05, 0) is 56.9 Å². The lowest BCUT2D eigenvalue weighted by molar-refractivity contribution is -0.385. The van der Waals surface area contributed by atoms with E-state index in [4.69, 9.17) is 4.74 Å². The van der Waals surface area contributed by atoms with Crippen molar-refractivity contribution in [1.29, 1.82) is 0 Å². The molecule has 2 aliphatic rings. The highest BCUT2D eigenvalue weighted by Crippen LogP contribution is 2.36. The largest absolute Gasteiger partial charge is 0.501 e. The molecule has 0 unspecified atom stereocenters. The van der Waals surface area contributed by atoms with Gasteiger partial charge in [-0.2, -0.15) is 26.3 Å². The first-order valence-electron chi connectivity index (χ1n) is 14.5. The number of carbonyl (C=O) groups is 4. The van der Waals surface area contributed by atoms with Crippen LogP contribution in [0.25, 0.3) is 0 Å². The summed E-state index contributed by atoms with van der Waals surface area (Å²) in [6.45, 7) is 1.77. The second-order valence-electron chi connectivity index (χ2n) is 11.0. The van der Waals surface area contributed by atoms with Gasteiger partial charge in [0.15, 0.2) is 11.6 Å². The summed E-state index contributed by atoms with van der Waals surface area (Å²) in [5.41, 5.74) is -5.83. The molecule has 2 aliphatic carbocycles. The molecule has 0 spiro atoms. The van der Waals surface area contributed by atoms with Crippen molar-refractivity contribution in [2.45, 2.75) is 64.2 Å². The van der Waals surface area contributed by atoms with Gasteiger partial charge in [-0.25, -0.2) is 0 Å². The van der Waals surface area contributed by atoms with Gasteiger partial charge in [0.25, 0.3) is 11.4 Å². The van der Waals surface area contributed by atoms with Crippen LogP contribution in [0, 0.1) is 32.1 Å². The van der Waals surface area contributed by atoms with Crippen LogP contribution in [0.2, 0.25) is 0 Å². The minimum absolute atomic E-state index is 0.157. The molecule has 17 heteroatoms. The van der Waals surface area contributed by atoms with Gasteiger partial charge in [0.05, 0.1) is 45.8 Å². The van der Waals surface area contributed by atoms with Crippen LogP contribution in [0.3, 0.4) is 0 Å². The molecule has 4 rings (SSSR count). The number of benzene rings is 2. The molecule has 2 fully saturated rings. The molecule has 2 saturated carbocycles. The Hall–Kier alpha value is -4.96. The van der Waals surface area contributed by atoms with Gasteiger partial charge < -0.3 is 4.74 Å². The molecule has 0 aromatic heterocycles. The molecule has 0 amide bonds. The van der Waals surface area contributed by atoms with Crippen LogP contribution < -0.4 is 0 Å². The maximum atomic E-state index is 12.8. The summed E-state index contributed by atoms with van der Waals surface area (Å²) in [5, 5.41) is 22.1. The van der Waals surface area contributed by atoms with Crippen molar-refractivity contribution in [3.05, 3.63) is 90.7 Å². The molecule has 0 N–H and O–H groups in total. The quantitative estimate of drug-likeness (QED) is 0.0319. The molecule has 2 aromatic carbocycles. The van der Waals surface area contributed by atoms with Crippen LogP contribution in [-0.2, 0) is 26.7 Å². The number of nitro groups is 2. The number of nitrogens with zero attached hydrogens (tertiary/aromatic N) is 2. The standard InChI is InChI=1S/C17H16F3NO5.C14H12F3NO4/c1-2-26-9-13(15(22)10-4-3-5-10)16(23)12-7-6-11(17(18,19)20)8-14(12)21(24)25;15-14(16,17)9-4-5-10(11(6-9)18(21)22)13(20)7-12(19)8-2-1-3-8/h6-10H,2-5H2,1H3;4-6,8H,1-3,7H2. The SMILES string of the molecule is CCOC=C(C(=O)c1ccc(C(F)(F)F)cc1[N+](=O)[O-])C(=O)C1CCC1.O=C(CC(=O)C1CCC1)c1ccc(C(F)(F)F)cc1[N+](=O)[O-]. The third kappa shape index (κ3) is 9.10.